The Labute approximate surface area is 119 Å². The first kappa shape index (κ1) is 16.2. The lowest BCUT2D eigenvalue weighted by molar-refractivity contribution is 0.599. The predicted molar refractivity (Wildman–Crippen MR) is 85.8 cm³/mol. The number of aryl methyl sites for hydroxylation is 2. The topological polar surface area (TPSA) is 12.0 Å². The zero-order chi connectivity index (χ0) is 13.8. The molecule has 1 aromatic rings. The molecule has 0 atom stereocenters. The average molecular weight is 261 g/mol. The van der Waals surface area contributed by atoms with E-state index in [2.05, 4.69) is 43.4 Å². The Hall–Kier alpha value is -0.820. The summed E-state index contributed by atoms with van der Waals surface area (Å²) in [6.45, 7) is 6.82. The minimum absolute atomic E-state index is 1.17. The van der Waals surface area contributed by atoms with Crippen molar-refractivity contribution < 1.29 is 0 Å². The molecule has 0 unspecified atom stereocenters. The van der Waals surface area contributed by atoms with Gasteiger partial charge in [0, 0.05) is 0 Å². The third kappa shape index (κ3) is 8.05. The van der Waals surface area contributed by atoms with Crippen LogP contribution in [0.3, 0.4) is 0 Å². The van der Waals surface area contributed by atoms with Gasteiger partial charge in [0.05, 0.1) is 0 Å². The Bertz CT molecular complexity index is 302. The highest BCUT2D eigenvalue weighted by Gasteiger charge is 1.96. The highest BCUT2D eigenvalue weighted by Crippen LogP contribution is 2.10. The maximum absolute atomic E-state index is 3.46. The van der Waals surface area contributed by atoms with Crippen LogP contribution >= 0.6 is 0 Å². The van der Waals surface area contributed by atoms with Gasteiger partial charge in [-0.15, -0.1) is 0 Å². The standard InChI is InChI=1S/C18H31N/c1-3-5-9-17-11-13-18(14-12-17)10-7-6-8-16-19-15-4-2/h11-14,19H,3-10,15-16H2,1-2H3. The molecule has 0 saturated carbocycles. The summed E-state index contributed by atoms with van der Waals surface area (Å²) in [5.41, 5.74) is 3.00. The van der Waals surface area contributed by atoms with Gasteiger partial charge in [-0.2, -0.15) is 0 Å². The van der Waals surface area contributed by atoms with Gasteiger partial charge in [0.1, 0.15) is 0 Å². The van der Waals surface area contributed by atoms with Gasteiger partial charge in [-0.1, -0.05) is 51.0 Å². The van der Waals surface area contributed by atoms with Crippen molar-refractivity contribution in [1.29, 1.82) is 0 Å². The van der Waals surface area contributed by atoms with Crippen LogP contribution in [0.5, 0.6) is 0 Å². The molecule has 1 heteroatoms. The van der Waals surface area contributed by atoms with E-state index in [0.29, 0.717) is 0 Å². The molecule has 0 fully saturated rings. The Morgan fingerprint density at radius 3 is 1.89 bits per heavy atom. The van der Waals surface area contributed by atoms with Crippen LogP contribution in [0.15, 0.2) is 24.3 Å². The molecule has 0 aliphatic rings. The Kier molecular flexibility index (Phi) is 9.44. The third-order valence-electron chi connectivity index (χ3n) is 3.59. The van der Waals surface area contributed by atoms with E-state index in [-0.39, 0.29) is 0 Å². The lowest BCUT2D eigenvalue weighted by Crippen LogP contribution is -2.15. The molecule has 1 N–H and O–H groups in total. The molecule has 0 amide bonds. The maximum atomic E-state index is 3.46. The van der Waals surface area contributed by atoms with Gasteiger partial charge in [-0.25, -0.2) is 0 Å². The van der Waals surface area contributed by atoms with Crippen molar-refractivity contribution in [2.45, 2.75) is 65.2 Å². The van der Waals surface area contributed by atoms with E-state index >= 15 is 0 Å². The fraction of sp³-hybridized carbons (Fsp3) is 0.667. The molecule has 0 radical (unpaired) electrons. The molecular formula is C18H31N. The Morgan fingerprint density at radius 2 is 1.32 bits per heavy atom. The number of rotatable bonds is 11. The lowest BCUT2D eigenvalue weighted by atomic mass is 10.0. The Morgan fingerprint density at radius 1 is 0.684 bits per heavy atom. The number of hydrogen-bond acceptors (Lipinski definition) is 1. The van der Waals surface area contributed by atoms with E-state index in [9.17, 15) is 0 Å². The van der Waals surface area contributed by atoms with E-state index in [4.69, 9.17) is 0 Å². The zero-order valence-corrected chi connectivity index (χ0v) is 12.9. The minimum Gasteiger partial charge on any atom is -0.317 e. The fourth-order valence-corrected chi connectivity index (χ4v) is 2.31. The van der Waals surface area contributed by atoms with E-state index in [1.54, 1.807) is 0 Å². The van der Waals surface area contributed by atoms with Gasteiger partial charge in [-0.3, -0.25) is 0 Å². The first-order valence-electron chi connectivity index (χ1n) is 8.15. The quantitative estimate of drug-likeness (QED) is 0.567. The van der Waals surface area contributed by atoms with Crippen molar-refractivity contribution in [3.8, 4) is 0 Å². The summed E-state index contributed by atoms with van der Waals surface area (Å²) in [6.07, 6.45) is 10.3. The largest absolute Gasteiger partial charge is 0.317 e. The fourth-order valence-electron chi connectivity index (χ4n) is 2.31. The monoisotopic (exact) mass is 261 g/mol. The van der Waals surface area contributed by atoms with Crippen LogP contribution in [0, 0.1) is 0 Å². The smallest absolute Gasteiger partial charge is 0.00489 e. The van der Waals surface area contributed by atoms with Crippen molar-refractivity contribution in [3.05, 3.63) is 35.4 Å². The number of benzene rings is 1. The molecule has 1 nitrogen and oxygen atoms in total. The van der Waals surface area contributed by atoms with E-state index in [0.717, 1.165) is 0 Å². The van der Waals surface area contributed by atoms with Crippen molar-refractivity contribution in [1.82, 2.24) is 5.32 Å². The van der Waals surface area contributed by atoms with Gasteiger partial charge < -0.3 is 5.32 Å². The average Bonchev–Trinajstić information content (AvgIpc) is 2.45. The SMILES string of the molecule is CCCCc1ccc(CCCCCNCCC)cc1. The van der Waals surface area contributed by atoms with Gasteiger partial charge in [-0.05, 0) is 62.7 Å². The van der Waals surface area contributed by atoms with Gasteiger partial charge in [0.15, 0.2) is 0 Å². The van der Waals surface area contributed by atoms with Crippen LogP contribution in [0.4, 0.5) is 0 Å². The summed E-state index contributed by atoms with van der Waals surface area (Å²) in [6, 6.07) is 9.27. The Balaban J connectivity index is 2.09. The van der Waals surface area contributed by atoms with Crippen LogP contribution < -0.4 is 5.32 Å². The molecule has 0 bridgehead atoms. The van der Waals surface area contributed by atoms with Crippen molar-refractivity contribution >= 4 is 0 Å². The third-order valence-corrected chi connectivity index (χ3v) is 3.59. The van der Waals surface area contributed by atoms with Crippen molar-refractivity contribution in [2.75, 3.05) is 13.1 Å². The predicted octanol–water partition coefficient (Wildman–Crippen LogP) is 4.74. The molecule has 0 saturated heterocycles. The summed E-state index contributed by atoms with van der Waals surface area (Å²) < 4.78 is 0. The minimum atomic E-state index is 1.17. The van der Waals surface area contributed by atoms with Crippen molar-refractivity contribution in [3.63, 3.8) is 0 Å². The molecule has 108 valence electrons. The second-order valence-corrected chi connectivity index (χ2v) is 5.48. The summed E-state index contributed by atoms with van der Waals surface area (Å²) in [5, 5.41) is 3.46. The maximum Gasteiger partial charge on any atom is -0.00489 e. The summed E-state index contributed by atoms with van der Waals surface area (Å²) in [5.74, 6) is 0. The highest BCUT2D eigenvalue weighted by atomic mass is 14.8. The molecule has 0 aromatic heterocycles. The molecule has 1 aromatic carbocycles. The van der Waals surface area contributed by atoms with Crippen LogP contribution in [-0.2, 0) is 12.8 Å². The molecule has 1 rings (SSSR count). The molecular weight excluding hydrogens is 230 g/mol. The highest BCUT2D eigenvalue weighted by molar-refractivity contribution is 5.22. The number of nitrogens with one attached hydrogen (secondary N) is 1. The summed E-state index contributed by atoms with van der Waals surface area (Å²) >= 11 is 0. The lowest BCUT2D eigenvalue weighted by Gasteiger charge is -2.05. The van der Waals surface area contributed by atoms with E-state index in [1.165, 1.54) is 75.6 Å². The zero-order valence-electron chi connectivity index (χ0n) is 12.9. The van der Waals surface area contributed by atoms with Gasteiger partial charge in [0.2, 0.25) is 0 Å². The number of unbranched alkanes of at least 4 members (excludes halogenated alkanes) is 3. The van der Waals surface area contributed by atoms with Crippen molar-refractivity contribution in [2.24, 2.45) is 0 Å². The van der Waals surface area contributed by atoms with E-state index < -0.39 is 0 Å². The molecule has 0 spiro atoms. The van der Waals surface area contributed by atoms with E-state index in [1.807, 2.05) is 0 Å². The van der Waals surface area contributed by atoms with Crippen LogP contribution in [0.1, 0.15) is 63.5 Å². The molecule has 19 heavy (non-hydrogen) atoms. The second kappa shape index (κ2) is 11.0. The van der Waals surface area contributed by atoms with Crippen LogP contribution in [0.25, 0.3) is 0 Å². The molecule has 0 heterocycles. The summed E-state index contributed by atoms with van der Waals surface area (Å²) in [4.78, 5) is 0. The van der Waals surface area contributed by atoms with Gasteiger partial charge >= 0.3 is 0 Å². The second-order valence-electron chi connectivity index (χ2n) is 5.48. The number of hydrogen-bond donors (Lipinski definition) is 1. The summed E-state index contributed by atoms with van der Waals surface area (Å²) in [7, 11) is 0. The molecule has 0 aliphatic carbocycles. The molecule has 0 aliphatic heterocycles. The normalized spacial score (nSPS) is 10.8. The van der Waals surface area contributed by atoms with Gasteiger partial charge in [0.25, 0.3) is 0 Å². The first-order chi connectivity index (χ1) is 9.36. The first-order valence-corrected chi connectivity index (χ1v) is 8.15. The van der Waals surface area contributed by atoms with Crippen LogP contribution in [-0.4, -0.2) is 13.1 Å². The van der Waals surface area contributed by atoms with Crippen LogP contribution in [0.2, 0.25) is 0 Å².